The van der Waals surface area contributed by atoms with E-state index in [4.69, 9.17) is 9.47 Å². The Labute approximate surface area is 163 Å². The minimum atomic E-state index is -0.635. The minimum absolute atomic E-state index is 0.0341. The molecule has 0 aromatic heterocycles. The van der Waals surface area contributed by atoms with Gasteiger partial charge in [-0.3, -0.25) is 9.59 Å². The number of hydrogen-bond acceptors (Lipinski definition) is 4. The summed E-state index contributed by atoms with van der Waals surface area (Å²) in [5.74, 6) is -0.864. The lowest BCUT2D eigenvalue weighted by Crippen LogP contribution is -2.21. The fourth-order valence-electron chi connectivity index (χ4n) is 3.72. The van der Waals surface area contributed by atoms with Gasteiger partial charge in [0.2, 0.25) is 0 Å². The number of carbonyl (C=O) groups excluding carboxylic acids is 2. The normalized spacial score (nSPS) is 17.8. The van der Waals surface area contributed by atoms with Gasteiger partial charge in [0.1, 0.15) is 12.4 Å². The summed E-state index contributed by atoms with van der Waals surface area (Å²) in [6.45, 7) is 0.150. The fraction of sp³-hybridized carbons (Fsp3) is 0.167. The second-order valence-corrected chi connectivity index (χ2v) is 6.77. The van der Waals surface area contributed by atoms with Gasteiger partial charge in [-0.25, -0.2) is 0 Å². The highest BCUT2D eigenvalue weighted by Gasteiger charge is 2.45. The van der Waals surface area contributed by atoms with Crippen LogP contribution in [0.5, 0.6) is 5.75 Å². The molecule has 0 N–H and O–H groups in total. The van der Waals surface area contributed by atoms with Gasteiger partial charge in [-0.1, -0.05) is 66.7 Å². The Kier molecular flexibility index (Phi) is 4.94. The van der Waals surface area contributed by atoms with Crippen molar-refractivity contribution >= 4 is 11.8 Å². The number of esters is 1. The predicted molar refractivity (Wildman–Crippen MR) is 105 cm³/mol. The first kappa shape index (κ1) is 18.0. The summed E-state index contributed by atoms with van der Waals surface area (Å²) in [6.07, 6.45) is 0. The third kappa shape index (κ3) is 3.29. The Morgan fingerprint density at radius 1 is 0.893 bits per heavy atom. The highest BCUT2D eigenvalue weighted by Crippen LogP contribution is 2.44. The van der Waals surface area contributed by atoms with E-state index in [1.165, 1.54) is 0 Å². The van der Waals surface area contributed by atoms with Gasteiger partial charge in [-0.2, -0.15) is 0 Å². The number of hydrogen-bond donors (Lipinski definition) is 0. The van der Waals surface area contributed by atoms with Crippen molar-refractivity contribution in [3.63, 3.8) is 0 Å². The summed E-state index contributed by atoms with van der Waals surface area (Å²) in [6, 6.07) is 24.1. The number of ketones is 1. The van der Waals surface area contributed by atoms with Crippen molar-refractivity contribution in [3.8, 4) is 5.75 Å². The smallest absolute Gasteiger partial charge is 0.314 e. The van der Waals surface area contributed by atoms with E-state index in [1.807, 2.05) is 72.8 Å². The van der Waals surface area contributed by atoms with Gasteiger partial charge in [0.05, 0.1) is 18.9 Å². The van der Waals surface area contributed by atoms with Crippen LogP contribution >= 0.6 is 0 Å². The minimum Gasteiger partial charge on any atom is -0.497 e. The van der Waals surface area contributed by atoms with Crippen molar-refractivity contribution in [3.05, 3.63) is 101 Å². The Morgan fingerprint density at radius 3 is 2.29 bits per heavy atom. The molecule has 0 radical (unpaired) electrons. The molecule has 0 saturated carbocycles. The molecule has 2 unspecified atom stereocenters. The largest absolute Gasteiger partial charge is 0.497 e. The molecule has 1 aliphatic carbocycles. The van der Waals surface area contributed by atoms with Crippen molar-refractivity contribution in [2.24, 2.45) is 0 Å². The van der Waals surface area contributed by atoms with Gasteiger partial charge in [-0.05, 0) is 28.8 Å². The predicted octanol–water partition coefficient (Wildman–Crippen LogP) is 4.50. The quantitative estimate of drug-likeness (QED) is 0.619. The summed E-state index contributed by atoms with van der Waals surface area (Å²) in [5, 5.41) is 0. The number of ether oxygens (including phenoxy) is 2. The third-order valence-electron chi connectivity index (χ3n) is 5.13. The zero-order valence-electron chi connectivity index (χ0n) is 15.5. The molecule has 3 aromatic rings. The van der Waals surface area contributed by atoms with E-state index < -0.39 is 11.8 Å². The number of fused-ring (bicyclic) bond motifs is 1. The average molecular weight is 372 g/mol. The summed E-state index contributed by atoms with van der Waals surface area (Å²) < 4.78 is 10.8. The van der Waals surface area contributed by atoms with Crippen molar-refractivity contribution in [1.29, 1.82) is 0 Å². The van der Waals surface area contributed by atoms with Gasteiger partial charge in [0, 0.05) is 5.56 Å². The molecule has 140 valence electrons. The molecule has 0 bridgehead atoms. The second-order valence-electron chi connectivity index (χ2n) is 6.77. The van der Waals surface area contributed by atoms with Crippen LogP contribution in [0.4, 0.5) is 0 Å². The molecule has 0 spiro atoms. The average Bonchev–Trinajstić information content (AvgIpc) is 3.06. The summed E-state index contributed by atoms with van der Waals surface area (Å²) in [4.78, 5) is 26.1. The number of methoxy groups -OCH3 is 1. The van der Waals surface area contributed by atoms with E-state index >= 15 is 0 Å². The Hall–Kier alpha value is -3.40. The molecule has 0 saturated heterocycles. The standard InChI is InChI=1S/C24H20O4/c1-27-18-13-11-16(12-14-18)15-28-24(26)22-19-9-5-6-10-20(19)23(25)21(22)17-7-3-2-4-8-17/h2-14,21-22H,15H2,1H3. The van der Waals surface area contributed by atoms with Gasteiger partial charge >= 0.3 is 5.97 Å². The fourth-order valence-corrected chi connectivity index (χ4v) is 3.72. The molecule has 0 heterocycles. The molecule has 2 atom stereocenters. The zero-order chi connectivity index (χ0) is 19.5. The Bertz CT molecular complexity index is 993. The van der Waals surface area contributed by atoms with Crippen LogP contribution in [0.15, 0.2) is 78.9 Å². The molecular weight excluding hydrogens is 352 g/mol. The lowest BCUT2D eigenvalue weighted by atomic mass is 9.86. The monoisotopic (exact) mass is 372 g/mol. The van der Waals surface area contributed by atoms with E-state index in [0.717, 1.165) is 22.4 Å². The number of Topliss-reactive ketones (excluding diaryl/α,β-unsaturated/α-hetero) is 1. The molecule has 0 fully saturated rings. The number of carbonyl (C=O) groups is 2. The molecular formula is C24H20O4. The van der Waals surface area contributed by atoms with Gasteiger partial charge in [0.25, 0.3) is 0 Å². The lowest BCUT2D eigenvalue weighted by molar-refractivity contribution is -0.147. The summed E-state index contributed by atoms with van der Waals surface area (Å²) in [5.41, 5.74) is 3.03. The SMILES string of the molecule is COc1ccc(COC(=O)C2c3ccccc3C(=O)C2c2ccccc2)cc1. The van der Waals surface area contributed by atoms with Crippen molar-refractivity contribution in [1.82, 2.24) is 0 Å². The van der Waals surface area contributed by atoms with Crippen molar-refractivity contribution in [2.75, 3.05) is 7.11 Å². The van der Waals surface area contributed by atoms with Crippen molar-refractivity contribution in [2.45, 2.75) is 18.4 Å². The molecule has 28 heavy (non-hydrogen) atoms. The maximum absolute atomic E-state index is 13.0. The molecule has 1 aliphatic rings. The first-order valence-electron chi connectivity index (χ1n) is 9.16. The van der Waals surface area contributed by atoms with Crippen LogP contribution in [-0.4, -0.2) is 18.9 Å². The third-order valence-corrected chi connectivity index (χ3v) is 5.13. The molecule has 4 rings (SSSR count). The van der Waals surface area contributed by atoms with Crippen LogP contribution in [-0.2, 0) is 16.1 Å². The number of rotatable bonds is 5. The zero-order valence-corrected chi connectivity index (χ0v) is 15.5. The van der Waals surface area contributed by atoms with Gasteiger partial charge < -0.3 is 9.47 Å². The maximum atomic E-state index is 13.0. The Balaban J connectivity index is 1.60. The van der Waals surface area contributed by atoms with E-state index in [0.29, 0.717) is 5.56 Å². The molecule has 4 heteroatoms. The van der Waals surface area contributed by atoms with E-state index in [1.54, 1.807) is 13.2 Å². The highest BCUT2D eigenvalue weighted by molar-refractivity contribution is 6.10. The van der Waals surface area contributed by atoms with Crippen LogP contribution in [0.25, 0.3) is 0 Å². The molecule has 3 aromatic carbocycles. The van der Waals surface area contributed by atoms with Gasteiger partial charge in [0.15, 0.2) is 5.78 Å². The van der Waals surface area contributed by atoms with E-state index in [2.05, 4.69) is 0 Å². The second kappa shape index (κ2) is 7.69. The van der Waals surface area contributed by atoms with Crippen LogP contribution in [0.3, 0.4) is 0 Å². The maximum Gasteiger partial charge on any atom is 0.314 e. The van der Waals surface area contributed by atoms with E-state index in [-0.39, 0.29) is 18.4 Å². The molecule has 0 amide bonds. The van der Waals surface area contributed by atoms with Crippen LogP contribution < -0.4 is 4.74 Å². The Morgan fingerprint density at radius 2 is 1.57 bits per heavy atom. The van der Waals surface area contributed by atoms with Gasteiger partial charge in [-0.15, -0.1) is 0 Å². The van der Waals surface area contributed by atoms with Crippen molar-refractivity contribution < 1.29 is 19.1 Å². The first-order chi connectivity index (χ1) is 13.7. The molecule has 0 aliphatic heterocycles. The van der Waals surface area contributed by atoms with Crippen LogP contribution in [0.2, 0.25) is 0 Å². The topological polar surface area (TPSA) is 52.6 Å². The van der Waals surface area contributed by atoms with Crippen LogP contribution in [0, 0.1) is 0 Å². The molecule has 4 nitrogen and oxygen atoms in total. The summed E-state index contributed by atoms with van der Waals surface area (Å²) in [7, 11) is 1.60. The first-order valence-corrected chi connectivity index (χ1v) is 9.16. The lowest BCUT2D eigenvalue weighted by Gasteiger charge is -2.18. The highest BCUT2D eigenvalue weighted by atomic mass is 16.5. The number of benzene rings is 3. The summed E-state index contributed by atoms with van der Waals surface area (Å²) >= 11 is 0. The van der Waals surface area contributed by atoms with E-state index in [9.17, 15) is 9.59 Å². The van der Waals surface area contributed by atoms with Crippen LogP contribution in [0.1, 0.15) is 38.9 Å².